The first kappa shape index (κ1) is 25.3. The molecule has 36 heavy (non-hydrogen) atoms. The number of aryl methyl sites for hydroxylation is 1. The summed E-state index contributed by atoms with van der Waals surface area (Å²) in [4.78, 5) is 32.5. The summed E-state index contributed by atoms with van der Waals surface area (Å²) in [6, 6.07) is 9.93. The summed E-state index contributed by atoms with van der Waals surface area (Å²) in [7, 11) is 0. The fraction of sp³-hybridized carbons (Fsp3) is 0.346. The van der Waals surface area contributed by atoms with Gasteiger partial charge in [0.1, 0.15) is 11.6 Å². The fourth-order valence-electron chi connectivity index (χ4n) is 4.18. The van der Waals surface area contributed by atoms with Gasteiger partial charge in [0.15, 0.2) is 0 Å². The van der Waals surface area contributed by atoms with Crippen LogP contribution in [0.3, 0.4) is 0 Å². The molecule has 3 heterocycles. The summed E-state index contributed by atoms with van der Waals surface area (Å²) in [5, 5.41) is 2.77. The van der Waals surface area contributed by atoms with E-state index in [-0.39, 0.29) is 31.0 Å². The zero-order valence-electron chi connectivity index (χ0n) is 20.3. The zero-order valence-corrected chi connectivity index (χ0v) is 20.3. The maximum absolute atomic E-state index is 13.6. The van der Waals surface area contributed by atoms with Gasteiger partial charge in [0.05, 0.1) is 26.2 Å². The summed E-state index contributed by atoms with van der Waals surface area (Å²) in [6.07, 6.45) is 3.32. The number of morpholine rings is 1. The van der Waals surface area contributed by atoms with Gasteiger partial charge in [0.25, 0.3) is 5.56 Å². The average Bonchev–Trinajstić information content (AvgIpc) is 2.90. The molecule has 1 aliphatic heterocycles. The minimum atomic E-state index is -0.394. The molecule has 0 spiro atoms. The minimum Gasteiger partial charge on any atom is -0.378 e. The van der Waals surface area contributed by atoms with Crippen LogP contribution in [0.15, 0.2) is 53.6 Å². The van der Waals surface area contributed by atoms with Gasteiger partial charge in [0.2, 0.25) is 5.91 Å². The molecule has 1 aliphatic rings. The van der Waals surface area contributed by atoms with E-state index in [0.29, 0.717) is 30.9 Å². The number of nitrogens with zero attached hydrogens (tertiary/aromatic N) is 3. The lowest BCUT2D eigenvalue weighted by molar-refractivity contribution is -0.120. The molecule has 1 fully saturated rings. The molecule has 0 atom stereocenters. The number of aromatic nitrogens is 2. The molecule has 1 saturated heterocycles. The van der Waals surface area contributed by atoms with Crippen molar-refractivity contribution in [1.82, 2.24) is 15.0 Å². The molecule has 0 aliphatic carbocycles. The number of ether oxygens (including phenoxy) is 1. The van der Waals surface area contributed by atoms with E-state index in [1.165, 1.54) is 16.8 Å². The molecular formula is C26H31FN6O3. The van der Waals surface area contributed by atoms with Crippen molar-refractivity contribution in [1.29, 1.82) is 0 Å². The second-order valence-corrected chi connectivity index (χ2v) is 8.64. The second-order valence-electron chi connectivity index (χ2n) is 8.64. The van der Waals surface area contributed by atoms with Crippen molar-refractivity contribution in [3.05, 3.63) is 92.8 Å². The number of nitrogens with one attached hydrogen (secondary N) is 2. The molecule has 4 N–H and O–H groups in total. The Balaban J connectivity index is 1.43. The van der Waals surface area contributed by atoms with Crippen molar-refractivity contribution >= 4 is 11.7 Å². The molecule has 2 aromatic heterocycles. The van der Waals surface area contributed by atoms with Gasteiger partial charge in [-0.3, -0.25) is 9.59 Å². The highest BCUT2D eigenvalue weighted by atomic mass is 19.1. The Morgan fingerprint density at radius 2 is 1.94 bits per heavy atom. The van der Waals surface area contributed by atoms with Crippen LogP contribution in [-0.4, -0.2) is 41.9 Å². The number of halogens is 1. The van der Waals surface area contributed by atoms with E-state index in [4.69, 9.17) is 10.5 Å². The van der Waals surface area contributed by atoms with Crippen LogP contribution in [0.1, 0.15) is 27.8 Å². The number of hydrogen-bond donors (Lipinski definition) is 3. The Bertz CT molecular complexity index is 1270. The van der Waals surface area contributed by atoms with Crippen LogP contribution in [0.5, 0.6) is 0 Å². The van der Waals surface area contributed by atoms with E-state index in [2.05, 4.69) is 20.6 Å². The number of pyridine rings is 2. The van der Waals surface area contributed by atoms with E-state index in [0.717, 1.165) is 35.6 Å². The Kier molecular flexibility index (Phi) is 8.29. The Hall–Kier alpha value is -3.76. The third kappa shape index (κ3) is 6.07. The van der Waals surface area contributed by atoms with Crippen molar-refractivity contribution < 1.29 is 13.9 Å². The van der Waals surface area contributed by atoms with Crippen molar-refractivity contribution in [2.45, 2.75) is 33.0 Å². The van der Waals surface area contributed by atoms with Crippen molar-refractivity contribution in [3.63, 3.8) is 0 Å². The van der Waals surface area contributed by atoms with Crippen molar-refractivity contribution in [2.75, 3.05) is 36.6 Å². The normalized spacial score (nSPS) is 13.5. The van der Waals surface area contributed by atoms with E-state index in [1.807, 2.05) is 12.1 Å². The summed E-state index contributed by atoms with van der Waals surface area (Å²) in [5.74, 6) is 0.138. The van der Waals surface area contributed by atoms with Crippen LogP contribution in [0.4, 0.5) is 10.2 Å². The van der Waals surface area contributed by atoms with E-state index < -0.39 is 5.82 Å². The van der Waals surface area contributed by atoms with E-state index >= 15 is 0 Å². The van der Waals surface area contributed by atoms with Gasteiger partial charge in [-0.1, -0.05) is 12.1 Å². The first-order chi connectivity index (χ1) is 17.5. The smallest absolute Gasteiger partial charge is 0.272 e. The largest absolute Gasteiger partial charge is 0.378 e. The Labute approximate surface area is 209 Å². The molecule has 0 radical (unpaired) electrons. The van der Waals surface area contributed by atoms with Gasteiger partial charge in [-0.25, -0.2) is 14.1 Å². The molecule has 190 valence electrons. The van der Waals surface area contributed by atoms with Crippen LogP contribution < -0.4 is 26.9 Å². The Morgan fingerprint density at radius 3 is 2.72 bits per heavy atom. The summed E-state index contributed by atoms with van der Waals surface area (Å²) in [6.45, 7) is 5.38. The van der Waals surface area contributed by atoms with Crippen molar-refractivity contribution in [3.8, 4) is 0 Å². The highest BCUT2D eigenvalue weighted by molar-refractivity contribution is 5.78. The predicted molar refractivity (Wildman–Crippen MR) is 136 cm³/mol. The standard InChI is InChI=1S/C26H31FN6O3/c1-18-6-8-33(31-17-20-3-2-7-29-25(20)32-9-11-36-12-10-32)26(35)23(18)14-24(34)30-16-21-13-22(27)5-4-19(21)15-28/h2-8,13,31H,9-12,14-17,28H2,1H3,(H,30,34). The summed E-state index contributed by atoms with van der Waals surface area (Å²) >= 11 is 0. The molecule has 0 unspecified atom stereocenters. The number of hydrogen-bond acceptors (Lipinski definition) is 7. The molecule has 10 heteroatoms. The maximum atomic E-state index is 13.6. The lowest BCUT2D eigenvalue weighted by Crippen LogP contribution is -2.38. The van der Waals surface area contributed by atoms with Crippen molar-refractivity contribution in [2.24, 2.45) is 5.73 Å². The number of rotatable bonds is 9. The molecule has 0 saturated carbocycles. The van der Waals surface area contributed by atoms with Crippen LogP contribution in [0.2, 0.25) is 0 Å². The highest BCUT2D eigenvalue weighted by Gasteiger charge is 2.17. The number of carbonyl (C=O) groups is 1. The van der Waals surface area contributed by atoms with E-state index in [1.54, 1.807) is 31.5 Å². The highest BCUT2D eigenvalue weighted by Crippen LogP contribution is 2.18. The SMILES string of the molecule is Cc1ccn(NCc2cccnc2N2CCOCC2)c(=O)c1CC(=O)NCc1cc(F)ccc1CN. The molecule has 9 nitrogen and oxygen atoms in total. The second kappa shape index (κ2) is 11.8. The number of amides is 1. The third-order valence-corrected chi connectivity index (χ3v) is 6.25. The average molecular weight is 495 g/mol. The molecule has 1 amide bonds. The van der Waals surface area contributed by atoms with Gasteiger partial charge in [-0.15, -0.1) is 0 Å². The summed E-state index contributed by atoms with van der Waals surface area (Å²) in [5.41, 5.74) is 12.0. The molecule has 4 rings (SSSR count). The van der Waals surface area contributed by atoms with E-state index in [9.17, 15) is 14.0 Å². The number of carbonyl (C=O) groups excluding carboxylic acids is 1. The van der Waals surface area contributed by atoms with Crippen LogP contribution in [0.25, 0.3) is 0 Å². The monoisotopic (exact) mass is 494 g/mol. The third-order valence-electron chi connectivity index (χ3n) is 6.25. The van der Waals surface area contributed by atoms with Gasteiger partial charge in [-0.2, -0.15) is 0 Å². The van der Waals surface area contributed by atoms with Gasteiger partial charge in [-0.05, 0) is 47.9 Å². The lowest BCUT2D eigenvalue weighted by Gasteiger charge is -2.29. The molecule has 0 bridgehead atoms. The van der Waals surface area contributed by atoms with Crippen LogP contribution in [0, 0.1) is 12.7 Å². The predicted octanol–water partition coefficient (Wildman–Crippen LogP) is 1.59. The quantitative estimate of drug-likeness (QED) is 0.414. The topological polar surface area (TPSA) is 115 Å². The number of nitrogens with two attached hydrogens (primary N) is 1. The molecule has 3 aromatic rings. The molecule has 1 aromatic carbocycles. The van der Waals surface area contributed by atoms with Gasteiger partial charge >= 0.3 is 0 Å². The number of benzene rings is 1. The van der Waals surface area contributed by atoms with Gasteiger partial charge < -0.3 is 26.1 Å². The fourth-order valence-corrected chi connectivity index (χ4v) is 4.18. The lowest BCUT2D eigenvalue weighted by atomic mass is 10.1. The zero-order chi connectivity index (χ0) is 25.5. The summed E-state index contributed by atoms with van der Waals surface area (Å²) < 4.78 is 20.4. The van der Waals surface area contributed by atoms with Crippen LogP contribution >= 0.6 is 0 Å². The minimum absolute atomic E-state index is 0.0909. The van der Waals surface area contributed by atoms with Crippen LogP contribution in [-0.2, 0) is 35.6 Å². The molecular weight excluding hydrogens is 463 g/mol. The Morgan fingerprint density at radius 1 is 1.14 bits per heavy atom. The first-order valence-corrected chi connectivity index (χ1v) is 11.9. The number of anilines is 1. The first-order valence-electron chi connectivity index (χ1n) is 11.9. The van der Waals surface area contributed by atoms with Gasteiger partial charge in [0, 0.05) is 49.7 Å². The maximum Gasteiger partial charge on any atom is 0.272 e.